The molecule has 2 aromatic heterocycles. The van der Waals surface area contributed by atoms with Crippen molar-refractivity contribution in [3.05, 3.63) is 77.1 Å². The Morgan fingerprint density at radius 1 is 1.11 bits per heavy atom. The van der Waals surface area contributed by atoms with Crippen LogP contribution in [0.1, 0.15) is 36.8 Å². The Bertz CT molecular complexity index is 1440. The fourth-order valence-electron chi connectivity index (χ4n) is 4.09. The van der Waals surface area contributed by atoms with E-state index >= 15 is 0 Å². The first-order valence-electron chi connectivity index (χ1n) is 11.2. The highest BCUT2D eigenvalue weighted by Crippen LogP contribution is 2.35. The Kier molecular flexibility index (Phi) is 6.57. The number of halogens is 2. The van der Waals surface area contributed by atoms with E-state index in [4.69, 9.17) is 10.7 Å². The maximum atomic E-state index is 13.8. The van der Waals surface area contributed by atoms with E-state index in [1.807, 2.05) is 38.4 Å². The summed E-state index contributed by atoms with van der Waals surface area (Å²) in [7, 11) is 3.67. The molecule has 0 aliphatic rings. The Labute approximate surface area is 202 Å². The third-order valence-electron chi connectivity index (χ3n) is 5.54. The van der Waals surface area contributed by atoms with Gasteiger partial charge in [0, 0.05) is 36.7 Å². The van der Waals surface area contributed by atoms with E-state index in [1.165, 1.54) is 12.1 Å². The van der Waals surface area contributed by atoms with Crippen LogP contribution < -0.4 is 11.1 Å². The van der Waals surface area contributed by atoms with Crippen molar-refractivity contribution in [3.8, 4) is 23.0 Å². The topological polar surface area (TPSA) is 89.0 Å². The van der Waals surface area contributed by atoms with Crippen molar-refractivity contribution in [2.45, 2.75) is 31.9 Å². The lowest BCUT2D eigenvalue weighted by atomic mass is 9.94. The van der Waals surface area contributed by atoms with Crippen LogP contribution in [0, 0.1) is 23.5 Å². The number of hydrogen-bond acceptors (Lipinski definition) is 5. The van der Waals surface area contributed by atoms with Crippen LogP contribution in [0.15, 0.2) is 48.5 Å². The fourth-order valence-corrected chi connectivity index (χ4v) is 4.09. The molecular formula is C27H27F2N5O. The molecule has 4 rings (SSSR count). The molecule has 4 aromatic rings. The molecule has 0 bridgehead atoms. The van der Waals surface area contributed by atoms with Crippen molar-refractivity contribution < 1.29 is 13.9 Å². The maximum Gasteiger partial charge on any atom is 0.155 e. The molecule has 0 saturated carbocycles. The lowest BCUT2D eigenvalue weighted by Crippen LogP contribution is -2.17. The number of anilines is 1. The molecule has 0 amide bonds. The summed E-state index contributed by atoms with van der Waals surface area (Å²) >= 11 is 0. The summed E-state index contributed by atoms with van der Waals surface area (Å²) in [6.45, 7) is 3.17. The molecule has 6 nitrogen and oxygen atoms in total. The molecule has 1 unspecified atom stereocenters. The van der Waals surface area contributed by atoms with Crippen LogP contribution in [-0.2, 0) is 13.5 Å². The molecule has 0 saturated heterocycles. The van der Waals surface area contributed by atoms with E-state index in [2.05, 4.69) is 22.3 Å². The van der Waals surface area contributed by atoms with Crippen LogP contribution in [-0.4, -0.2) is 32.5 Å². The minimum atomic E-state index is -1.19. The van der Waals surface area contributed by atoms with Crippen molar-refractivity contribution in [1.82, 2.24) is 14.8 Å². The van der Waals surface area contributed by atoms with Gasteiger partial charge in [-0.15, -0.1) is 0 Å². The number of fused-ring (bicyclic) bond motifs is 1. The molecule has 0 spiro atoms. The molecule has 0 aliphatic heterocycles. The minimum absolute atomic E-state index is 0.167. The van der Waals surface area contributed by atoms with E-state index in [0.29, 0.717) is 17.0 Å². The normalized spacial score (nSPS) is 12.3. The SMILES string of the molecule is CNc1nn(C)c2c(-c3ccc(C#CC(C)(C)O)nc3C(N)Cc3cc(F)cc(F)c3)cccc12. The molecule has 2 heterocycles. The van der Waals surface area contributed by atoms with Gasteiger partial charge in [0.1, 0.15) is 22.9 Å². The minimum Gasteiger partial charge on any atom is -0.378 e. The second-order valence-corrected chi connectivity index (χ2v) is 8.95. The van der Waals surface area contributed by atoms with Crippen LogP contribution in [0.2, 0.25) is 0 Å². The van der Waals surface area contributed by atoms with Gasteiger partial charge in [0.15, 0.2) is 5.82 Å². The summed E-state index contributed by atoms with van der Waals surface area (Å²) < 4.78 is 29.4. The van der Waals surface area contributed by atoms with Gasteiger partial charge in [-0.2, -0.15) is 5.10 Å². The first-order chi connectivity index (χ1) is 16.6. The standard InChI is InChI=1S/C27H27F2N5O/c1-27(2,35)11-10-19-8-9-20(21-6-5-7-22-25(21)34(4)33-26(22)31-3)24(32-19)23(30)14-16-12-17(28)15-18(29)13-16/h5-9,12-13,15,23,35H,14,30H2,1-4H3,(H,31,33). The predicted octanol–water partition coefficient (Wildman–Crippen LogP) is 4.32. The molecule has 8 heteroatoms. The lowest BCUT2D eigenvalue weighted by molar-refractivity contribution is 0.143. The predicted molar refractivity (Wildman–Crippen MR) is 134 cm³/mol. The van der Waals surface area contributed by atoms with Crippen LogP contribution in [0.4, 0.5) is 14.6 Å². The number of nitrogens with two attached hydrogens (primary N) is 1. The van der Waals surface area contributed by atoms with Gasteiger partial charge in [-0.3, -0.25) is 4.68 Å². The number of aromatic nitrogens is 3. The van der Waals surface area contributed by atoms with Gasteiger partial charge in [-0.05, 0) is 62.1 Å². The molecule has 1 atom stereocenters. The number of hydrogen-bond donors (Lipinski definition) is 3. The van der Waals surface area contributed by atoms with Crippen LogP contribution in [0.5, 0.6) is 0 Å². The van der Waals surface area contributed by atoms with Gasteiger partial charge in [-0.1, -0.05) is 18.1 Å². The highest BCUT2D eigenvalue weighted by atomic mass is 19.1. The molecule has 180 valence electrons. The average molecular weight is 476 g/mol. The summed E-state index contributed by atoms with van der Waals surface area (Å²) in [5.74, 6) is 5.06. The highest BCUT2D eigenvalue weighted by Gasteiger charge is 2.20. The van der Waals surface area contributed by atoms with Crippen LogP contribution in [0.3, 0.4) is 0 Å². The smallest absolute Gasteiger partial charge is 0.155 e. The second-order valence-electron chi connectivity index (χ2n) is 8.95. The zero-order valence-electron chi connectivity index (χ0n) is 20.0. The van der Waals surface area contributed by atoms with Gasteiger partial charge in [0.05, 0.1) is 17.3 Å². The van der Waals surface area contributed by atoms with Gasteiger partial charge >= 0.3 is 0 Å². The maximum absolute atomic E-state index is 13.8. The van der Waals surface area contributed by atoms with Crippen LogP contribution in [0.25, 0.3) is 22.0 Å². The third kappa shape index (κ3) is 5.32. The number of rotatable bonds is 5. The van der Waals surface area contributed by atoms with Crippen molar-refractivity contribution in [1.29, 1.82) is 0 Å². The average Bonchev–Trinajstić information content (AvgIpc) is 3.12. The highest BCUT2D eigenvalue weighted by molar-refractivity contribution is 6.00. The largest absolute Gasteiger partial charge is 0.378 e. The fraction of sp³-hybridized carbons (Fsp3) is 0.259. The molecule has 0 fully saturated rings. The summed E-state index contributed by atoms with van der Waals surface area (Å²) in [4.78, 5) is 4.71. The number of benzene rings is 2. The van der Waals surface area contributed by atoms with E-state index in [1.54, 1.807) is 24.6 Å². The lowest BCUT2D eigenvalue weighted by Gasteiger charge is -2.17. The number of nitrogens with zero attached hydrogens (tertiary/aromatic N) is 3. The van der Waals surface area contributed by atoms with Gasteiger partial charge in [-0.25, -0.2) is 13.8 Å². The quantitative estimate of drug-likeness (QED) is 0.374. The van der Waals surface area contributed by atoms with E-state index in [0.717, 1.165) is 33.9 Å². The van der Waals surface area contributed by atoms with Gasteiger partial charge < -0.3 is 16.2 Å². The Morgan fingerprint density at radius 2 is 1.83 bits per heavy atom. The first-order valence-corrected chi connectivity index (χ1v) is 11.2. The summed E-state index contributed by atoms with van der Waals surface area (Å²) in [6.07, 6.45) is 0.167. The molecule has 4 N–H and O–H groups in total. The second kappa shape index (κ2) is 9.45. The molecule has 2 aromatic carbocycles. The molecule has 0 radical (unpaired) electrons. The van der Waals surface area contributed by atoms with Crippen molar-refractivity contribution in [3.63, 3.8) is 0 Å². The number of pyridine rings is 1. The van der Waals surface area contributed by atoms with E-state index in [-0.39, 0.29) is 6.42 Å². The van der Waals surface area contributed by atoms with E-state index < -0.39 is 23.3 Å². The summed E-state index contributed by atoms with van der Waals surface area (Å²) in [5, 5.41) is 18.6. The van der Waals surface area contributed by atoms with Crippen molar-refractivity contribution in [2.75, 3.05) is 12.4 Å². The number of aryl methyl sites for hydroxylation is 1. The summed E-state index contributed by atoms with van der Waals surface area (Å²) in [6, 6.07) is 12.2. The third-order valence-corrected chi connectivity index (χ3v) is 5.54. The molecule has 0 aliphatic carbocycles. The monoisotopic (exact) mass is 475 g/mol. The zero-order valence-corrected chi connectivity index (χ0v) is 20.0. The van der Waals surface area contributed by atoms with E-state index in [9.17, 15) is 13.9 Å². The molecule has 35 heavy (non-hydrogen) atoms. The number of nitrogens with one attached hydrogen (secondary N) is 1. The number of para-hydroxylation sites is 1. The van der Waals surface area contributed by atoms with Gasteiger partial charge in [0.2, 0.25) is 0 Å². The Hall–Kier alpha value is -3.80. The molecular weight excluding hydrogens is 448 g/mol. The Morgan fingerprint density at radius 3 is 2.49 bits per heavy atom. The van der Waals surface area contributed by atoms with Crippen molar-refractivity contribution in [2.24, 2.45) is 12.8 Å². The van der Waals surface area contributed by atoms with Gasteiger partial charge in [0.25, 0.3) is 0 Å². The number of aliphatic hydroxyl groups is 1. The zero-order chi connectivity index (χ0) is 25.3. The summed E-state index contributed by atoms with van der Waals surface area (Å²) in [5.41, 5.74) is 9.30. The Balaban J connectivity index is 1.88. The first kappa shape index (κ1) is 24.3. The van der Waals surface area contributed by atoms with Crippen molar-refractivity contribution >= 4 is 16.7 Å². The van der Waals surface area contributed by atoms with Crippen LogP contribution >= 0.6 is 0 Å².